The first-order chi connectivity index (χ1) is 9.67. The van der Waals surface area contributed by atoms with Gasteiger partial charge < -0.3 is 14.4 Å². The van der Waals surface area contributed by atoms with E-state index in [-0.39, 0.29) is 11.6 Å². The number of hydrogen-bond donors (Lipinski definition) is 1. The van der Waals surface area contributed by atoms with Crippen molar-refractivity contribution in [3.8, 4) is 11.5 Å². The number of nitrogens with zero attached hydrogens (tertiary/aromatic N) is 3. The number of para-hydroxylation sites is 1. The molecule has 0 spiro atoms. The van der Waals surface area contributed by atoms with Crippen molar-refractivity contribution in [2.75, 3.05) is 21.3 Å². The van der Waals surface area contributed by atoms with E-state index in [0.717, 1.165) is 5.56 Å². The molecule has 0 aliphatic heterocycles. The highest BCUT2D eigenvalue weighted by Crippen LogP contribution is 2.31. The van der Waals surface area contributed by atoms with Crippen molar-refractivity contribution in [1.82, 2.24) is 20.3 Å². The van der Waals surface area contributed by atoms with Crippen LogP contribution in [0.2, 0.25) is 0 Å². The molecule has 2 aromatic rings. The molecule has 0 aliphatic rings. The third-order valence-corrected chi connectivity index (χ3v) is 2.87. The quantitative estimate of drug-likeness (QED) is 0.884. The molecule has 0 aliphatic carbocycles. The van der Waals surface area contributed by atoms with E-state index < -0.39 is 0 Å². The lowest BCUT2D eigenvalue weighted by Crippen LogP contribution is -2.26. The zero-order valence-corrected chi connectivity index (χ0v) is 11.6. The zero-order valence-electron chi connectivity index (χ0n) is 11.6. The van der Waals surface area contributed by atoms with Crippen molar-refractivity contribution < 1.29 is 14.3 Å². The van der Waals surface area contributed by atoms with Gasteiger partial charge in [0.2, 0.25) is 0 Å². The van der Waals surface area contributed by atoms with Gasteiger partial charge in [-0.05, 0) is 6.07 Å². The van der Waals surface area contributed by atoms with Crippen molar-refractivity contribution in [1.29, 1.82) is 0 Å². The first-order valence-corrected chi connectivity index (χ1v) is 5.98. The van der Waals surface area contributed by atoms with Gasteiger partial charge in [0.1, 0.15) is 0 Å². The van der Waals surface area contributed by atoms with Gasteiger partial charge in [-0.2, -0.15) is 15.4 Å². The number of nitrogens with one attached hydrogen (secondary N) is 1. The zero-order chi connectivity index (χ0) is 14.5. The van der Waals surface area contributed by atoms with E-state index in [1.54, 1.807) is 21.3 Å². The maximum absolute atomic E-state index is 12.1. The van der Waals surface area contributed by atoms with Crippen LogP contribution in [0.25, 0.3) is 0 Å². The Balaban J connectivity index is 2.19. The summed E-state index contributed by atoms with van der Waals surface area (Å²) < 4.78 is 10.6. The van der Waals surface area contributed by atoms with Crippen LogP contribution >= 0.6 is 0 Å². The summed E-state index contributed by atoms with van der Waals surface area (Å²) in [6, 6.07) is 5.54. The van der Waals surface area contributed by atoms with Crippen LogP contribution in [0.3, 0.4) is 0 Å². The molecule has 1 amide bonds. The van der Waals surface area contributed by atoms with Gasteiger partial charge in [-0.3, -0.25) is 4.79 Å². The van der Waals surface area contributed by atoms with Crippen LogP contribution < -0.4 is 9.47 Å². The SMILES string of the molecule is COc1cccc(CN(C)C(=O)c2cn[nH]n2)c1OC. The van der Waals surface area contributed by atoms with Gasteiger partial charge in [-0.25, -0.2) is 0 Å². The Morgan fingerprint density at radius 2 is 2.15 bits per heavy atom. The van der Waals surface area contributed by atoms with E-state index in [4.69, 9.17) is 9.47 Å². The average Bonchev–Trinajstić information content (AvgIpc) is 3.00. The number of amides is 1. The lowest BCUT2D eigenvalue weighted by molar-refractivity contribution is 0.0778. The lowest BCUT2D eigenvalue weighted by atomic mass is 10.1. The van der Waals surface area contributed by atoms with Crippen molar-refractivity contribution in [2.24, 2.45) is 0 Å². The summed E-state index contributed by atoms with van der Waals surface area (Å²) in [5.74, 6) is 1.03. The van der Waals surface area contributed by atoms with Crippen LogP contribution in [0.1, 0.15) is 16.1 Å². The summed E-state index contributed by atoms with van der Waals surface area (Å²) in [7, 11) is 4.84. The van der Waals surface area contributed by atoms with Gasteiger partial charge in [0.25, 0.3) is 5.91 Å². The fraction of sp³-hybridized carbons (Fsp3) is 0.308. The minimum atomic E-state index is -0.219. The van der Waals surface area contributed by atoms with E-state index in [1.807, 2.05) is 18.2 Å². The van der Waals surface area contributed by atoms with Crippen molar-refractivity contribution in [2.45, 2.75) is 6.54 Å². The second-order valence-corrected chi connectivity index (χ2v) is 4.17. The fourth-order valence-electron chi connectivity index (χ4n) is 1.91. The predicted octanol–water partition coefficient (Wildman–Crippen LogP) is 1.09. The van der Waals surface area contributed by atoms with Crippen LogP contribution in [0.4, 0.5) is 0 Å². The Bertz CT molecular complexity index is 583. The summed E-state index contributed by atoms with van der Waals surface area (Å²) >= 11 is 0. The molecule has 7 nitrogen and oxygen atoms in total. The molecule has 1 aromatic heterocycles. The Morgan fingerprint density at radius 1 is 1.35 bits per heavy atom. The van der Waals surface area contributed by atoms with E-state index in [9.17, 15) is 4.79 Å². The average molecular weight is 276 g/mol. The maximum Gasteiger partial charge on any atom is 0.276 e. The molecule has 20 heavy (non-hydrogen) atoms. The largest absolute Gasteiger partial charge is 0.493 e. The topological polar surface area (TPSA) is 80.3 Å². The molecule has 0 bridgehead atoms. The van der Waals surface area contributed by atoms with Gasteiger partial charge in [0, 0.05) is 19.2 Å². The van der Waals surface area contributed by atoms with Gasteiger partial charge in [0.05, 0.1) is 20.4 Å². The van der Waals surface area contributed by atoms with E-state index in [2.05, 4.69) is 15.4 Å². The second-order valence-electron chi connectivity index (χ2n) is 4.17. The van der Waals surface area contributed by atoms with Crippen LogP contribution in [-0.4, -0.2) is 47.5 Å². The molecule has 1 heterocycles. The molecule has 0 fully saturated rings. The third kappa shape index (κ3) is 2.71. The fourth-order valence-corrected chi connectivity index (χ4v) is 1.91. The molecule has 7 heteroatoms. The van der Waals surface area contributed by atoms with Crippen molar-refractivity contribution >= 4 is 5.91 Å². The number of benzene rings is 1. The Hall–Kier alpha value is -2.57. The molecule has 0 atom stereocenters. The number of rotatable bonds is 5. The normalized spacial score (nSPS) is 10.2. The third-order valence-electron chi connectivity index (χ3n) is 2.87. The first-order valence-electron chi connectivity index (χ1n) is 5.98. The summed E-state index contributed by atoms with van der Waals surface area (Å²) in [6.45, 7) is 0.381. The van der Waals surface area contributed by atoms with Gasteiger partial charge in [-0.1, -0.05) is 12.1 Å². The Labute approximate surface area is 116 Å². The predicted molar refractivity (Wildman–Crippen MR) is 71.7 cm³/mol. The van der Waals surface area contributed by atoms with E-state index in [0.29, 0.717) is 18.0 Å². The number of methoxy groups -OCH3 is 2. The van der Waals surface area contributed by atoms with Gasteiger partial charge in [0.15, 0.2) is 17.2 Å². The summed E-state index contributed by atoms with van der Waals surface area (Å²) in [6.07, 6.45) is 1.39. The lowest BCUT2D eigenvalue weighted by Gasteiger charge is -2.18. The van der Waals surface area contributed by atoms with Gasteiger partial charge >= 0.3 is 0 Å². The van der Waals surface area contributed by atoms with Crippen molar-refractivity contribution in [3.05, 3.63) is 35.7 Å². The van der Waals surface area contributed by atoms with E-state index in [1.165, 1.54) is 11.1 Å². The molecule has 1 aromatic carbocycles. The smallest absolute Gasteiger partial charge is 0.276 e. The van der Waals surface area contributed by atoms with Crippen LogP contribution in [0.15, 0.2) is 24.4 Å². The minimum Gasteiger partial charge on any atom is -0.493 e. The number of aromatic amines is 1. The highest BCUT2D eigenvalue weighted by atomic mass is 16.5. The highest BCUT2D eigenvalue weighted by Gasteiger charge is 2.17. The van der Waals surface area contributed by atoms with Crippen LogP contribution in [-0.2, 0) is 6.54 Å². The highest BCUT2D eigenvalue weighted by molar-refractivity contribution is 5.91. The van der Waals surface area contributed by atoms with Crippen LogP contribution in [0, 0.1) is 0 Å². The molecular formula is C13H16N4O3. The minimum absolute atomic E-state index is 0.219. The maximum atomic E-state index is 12.1. The summed E-state index contributed by atoms with van der Waals surface area (Å²) in [5.41, 5.74) is 1.13. The molecular weight excluding hydrogens is 260 g/mol. The standard InChI is InChI=1S/C13H16N4O3/c1-17(13(18)10-7-14-16-15-10)8-9-5-4-6-11(19-2)12(9)20-3/h4-7H,8H2,1-3H3,(H,14,15,16). The number of carbonyl (C=O) groups excluding carboxylic acids is 1. The monoisotopic (exact) mass is 276 g/mol. The molecule has 0 unspecified atom stereocenters. The summed E-state index contributed by atoms with van der Waals surface area (Å²) in [4.78, 5) is 13.6. The van der Waals surface area contributed by atoms with Crippen molar-refractivity contribution in [3.63, 3.8) is 0 Å². The molecule has 0 saturated carbocycles. The molecule has 106 valence electrons. The molecule has 0 saturated heterocycles. The second kappa shape index (κ2) is 6.05. The Kier molecular flexibility index (Phi) is 4.19. The number of hydrogen-bond acceptors (Lipinski definition) is 5. The Morgan fingerprint density at radius 3 is 2.75 bits per heavy atom. The number of H-pyrrole nitrogens is 1. The summed E-state index contributed by atoms with van der Waals surface area (Å²) in [5, 5.41) is 9.82. The molecule has 2 rings (SSSR count). The first kappa shape index (κ1) is 13.9. The van der Waals surface area contributed by atoms with E-state index >= 15 is 0 Å². The molecule has 1 N–H and O–H groups in total. The number of carbonyl (C=O) groups is 1. The number of aromatic nitrogens is 3. The van der Waals surface area contributed by atoms with Gasteiger partial charge in [-0.15, -0.1) is 0 Å². The van der Waals surface area contributed by atoms with Crippen LogP contribution in [0.5, 0.6) is 11.5 Å². The number of ether oxygens (including phenoxy) is 2. The molecule has 0 radical (unpaired) electrons.